The Labute approximate surface area is 96.1 Å². The van der Waals surface area contributed by atoms with Crippen LogP contribution in [-0.2, 0) is 11.2 Å². The number of hydrogen-bond acceptors (Lipinski definition) is 2. The Hall–Kier alpha value is -1.51. The van der Waals surface area contributed by atoms with E-state index in [1.165, 1.54) is 0 Å². The highest BCUT2D eigenvalue weighted by Gasteiger charge is 2.15. The number of methoxy groups -OCH3 is 1. The normalized spacial score (nSPS) is 12.2. The van der Waals surface area contributed by atoms with Crippen molar-refractivity contribution in [2.75, 3.05) is 7.11 Å². The smallest absolute Gasteiger partial charge is 0.306 e. The molecule has 0 aromatic heterocycles. The Morgan fingerprint density at radius 2 is 2.19 bits per heavy atom. The monoisotopic (exact) mass is 222 g/mol. The molecule has 0 heterocycles. The summed E-state index contributed by atoms with van der Waals surface area (Å²) in [6.07, 6.45) is 1.23. The Morgan fingerprint density at radius 1 is 1.50 bits per heavy atom. The number of benzene rings is 1. The van der Waals surface area contributed by atoms with E-state index < -0.39 is 5.97 Å². The van der Waals surface area contributed by atoms with Gasteiger partial charge in [0.2, 0.25) is 0 Å². The predicted octanol–water partition coefficient (Wildman–Crippen LogP) is 2.66. The average molecular weight is 222 g/mol. The van der Waals surface area contributed by atoms with Gasteiger partial charge in [0.25, 0.3) is 0 Å². The maximum atomic E-state index is 10.9. The van der Waals surface area contributed by atoms with Gasteiger partial charge >= 0.3 is 5.97 Å². The van der Waals surface area contributed by atoms with Crippen molar-refractivity contribution in [1.29, 1.82) is 0 Å². The van der Waals surface area contributed by atoms with Crippen molar-refractivity contribution in [1.82, 2.24) is 0 Å². The topological polar surface area (TPSA) is 46.5 Å². The van der Waals surface area contributed by atoms with E-state index in [1.807, 2.05) is 32.0 Å². The number of aliphatic carboxylic acids is 1. The van der Waals surface area contributed by atoms with Crippen molar-refractivity contribution >= 4 is 5.97 Å². The highest BCUT2D eigenvalue weighted by atomic mass is 16.5. The standard InChI is InChI=1S/C13H18O3/c1-4-11(13(14)15)8-10-5-6-12(16-3)9(2)7-10/h5-7,11H,4,8H2,1-3H3,(H,14,15). The average Bonchev–Trinajstić information content (AvgIpc) is 2.25. The molecule has 1 unspecified atom stereocenters. The zero-order valence-corrected chi connectivity index (χ0v) is 9.99. The zero-order chi connectivity index (χ0) is 12.1. The fourth-order valence-electron chi connectivity index (χ4n) is 1.76. The molecule has 0 bridgehead atoms. The first-order chi connectivity index (χ1) is 7.58. The van der Waals surface area contributed by atoms with Gasteiger partial charge < -0.3 is 9.84 Å². The number of aryl methyl sites for hydroxylation is 1. The van der Waals surface area contributed by atoms with Crippen LogP contribution >= 0.6 is 0 Å². The minimum Gasteiger partial charge on any atom is -0.496 e. The summed E-state index contributed by atoms with van der Waals surface area (Å²) in [6, 6.07) is 5.81. The fourth-order valence-corrected chi connectivity index (χ4v) is 1.76. The van der Waals surface area contributed by atoms with Crippen LogP contribution in [0, 0.1) is 12.8 Å². The molecule has 1 aromatic carbocycles. The summed E-state index contributed by atoms with van der Waals surface area (Å²) in [5.41, 5.74) is 2.09. The minimum atomic E-state index is -0.726. The first-order valence-electron chi connectivity index (χ1n) is 5.44. The molecule has 16 heavy (non-hydrogen) atoms. The third-order valence-electron chi connectivity index (χ3n) is 2.78. The van der Waals surface area contributed by atoms with Gasteiger partial charge in [0.15, 0.2) is 0 Å². The maximum absolute atomic E-state index is 10.9. The Bertz CT molecular complexity index is 371. The summed E-state index contributed by atoms with van der Waals surface area (Å²) in [5.74, 6) is -0.184. The molecule has 0 saturated carbocycles. The molecule has 1 aromatic rings. The number of rotatable bonds is 5. The van der Waals surface area contributed by atoms with Gasteiger partial charge in [-0.25, -0.2) is 0 Å². The van der Waals surface area contributed by atoms with Gasteiger partial charge in [-0.2, -0.15) is 0 Å². The Kier molecular flexibility index (Phi) is 4.35. The van der Waals surface area contributed by atoms with Crippen LogP contribution in [0.25, 0.3) is 0 Å². The number of carboxylic acid groups (broad SMARTS) is 1. The van der Waals surface area contributed by atoms with Crippen molar-refractivity contribution in [3.63, 3.8) is 0 Å². The molecule has 0 amide bonds. The van der Waals surface area contributed by atoms with Crippen molar-refractivity contribution < 1.29 is 14.6 Å². The third kappa shape index (κ3) is 2.99. The highest BCUT2D eigenvalue weighted by Crippen LogP contribution is 2.21. The summed E-state index contributed by atoms with van der Waals surface area (Å²) in [7, 11) is 1.63. The zero-order valence-electron chi connectivity index (χ0n) is 9.99. The molecule has 0 radical (unpaired) electrons. The van der Waals surface area contributed by atoms with E-state index in [1.54, 1.807) is 7.11 Å². The number of ether oxygens (including phenoxy) is 1. The van der Waals surface area contributed by atoms with E-state index in [-0.39, 0.29) is 5.92 Å². The molecule has 0 aliphatic carbocycles. The number of carboxylic acids is 1. The molecule has 0 saturated heterocycles. The SMILES string of the molecule is CCC(Cc1ccc(OC)c(C)c1)C(=O)O. The van der Waals surface area contributed by atoms with Gasteiger partial charge in [0.1, 0.15) is 5.75 Å². The van der Waals surface area contributed by atoms with Crippen LogP contribution in [0.1, 0.15) is 24.5 Å². The van der Waals surface area contributed by atoms with Gasteiger partial charge in [0, 0.05) is 0 Å². The molecular formula is C13H18O3. The van der Waals surface area contributed by atoms with E-state index >= 15 is 0 Å². The van der Waals surface area contributed by atoms with E-state index in [9.17, 15) is 4.79 Å². The second-order valence-electron chi connectivity index (χ2n) is 3.95. The van der Waals surface area contributed by atoms with Gasteiger partial charge in [-0.3, -0.25) is 4.79 Å². The minimum absolute atomic E-state index is 0.298. The molecule has 88 valence electrons. The van der Waals surface area contributed by atoms with Crippen molar-refractivity contribution in [3.8, 4) is 5.75 Å². The van der Waals surface area contributed by atoms with E-state index in [0.29, 0.717) is 12.8 Å². The Balaban J connectivity index is 2.81. The number of hydrogen-bond donors (Lipinski definition) is 1. The molecule has 1 atom stereocenters. The quantitative estimate of drug-likeness (QED) is 0.833. The maximum Gasteiger partial charge on any atom is 0.306 e. The van der Waals surface area contributed by atoms with Gasteiger partial charge in [0.05, 0.1) is 13.0 Å². The summed E-state index contributed by atoms with van der Waals surface area (Å²) >= 11 is 0. The van der Waals surface area contributed by atoms with Crippen LogP contribution < -0.4 is 4.74 Å². The molecule has 3 nitrogen and oxygen atoms in total. The van der Waals surface area contributed by atoms with Crippen LogP contribution in [0.5, 0.6) is 5.75 Å². The van der Waals surface area contributed by atoms with Gasteiger partial charge in [-0.15, -0.1) is 0 Å². The molecule has 3 heteroatoms. The van der Waals surface area contributed by atoms with Crippen LogP contribution in [-0.4, -0.2) is 18.2 Å². The second-order valence-corrected chi connectivity index (χ2v) is 3.95. The van der Waals surface area contributed by atoms with E-state index in [0.717, 1.165) is 16.9 Å². The summed E-state index contributed by atoms with van der Waals surface area (Å²) in [5, 5.41) is 8.98. The van der Waals surface area contributed by atoms with Crippen LogP contribution in [0.3, 0.4) is 0 Å². The molecule has 0 aliphatic rings. The van der Waals surface area contributed by atoms with Crippen LogP contribution in [0.15, 0.2) is 18.2 Å². The van der Waals surface area contributed by atoms with Gasteiger partial charge in [-0.05, 0) is 37.0 Å². The first kappa shape index (κ1) is 12.6. The summed E-state index contributed by atoms with van der Waals surface area (Å²) in [4.78, 5) is 10.9. The predicted molar refractivity (Wildman–Crippen MR) is 62.9 cm³/mol. The van der Waals surface area contributed by atoms with Crippen LogP contribution in [0.2, 0.25) is 0 Å². The van der Waals surface area contributed by atoms with Crippen molar-refractivity contribution in [2.24, 2.45) is 5.92 Å². The summed E-state index contributed by atoms with van der Waals surface area (Å²) < 4.78 is 5.16. The molecule has 1 rings (SSSR count). The molecular weight excluding hydrogens is 204 g/mol. The molecule has 0 spiro atoms. The highest BCUT2D eigenvalue weighted by molar-refractivity contribution is 5.70. The lowest BCUT2D eigenvalue weighted by Crippen LogP contribution is -2.15. The summed E-state index contributed by atoms with van der Waals surface area (Å²) in [6.45, 7) is 3.86. The lowest BCUT2D eigenvalue weighted by Gasteiger charge is -2.11. The Morgan fingerprint density at radius 3 is 2.62 bits per heavy atom. The van der Waals surface area contributed by atoms with E-state index in [4.69, 9.17) is 9.84 Å². The second kappa shape index (κ2) is 5.54. The number of carbonyl (C=O) groups is 1. The van der Waals surface area contributed by atoms with Gasteiger partial charge in [-0.1, -0.05) is 19.1 Å². The largest absolute Gasteiger partial charge is 0.496 e. The lowest BCUT2D eigenvalue weighted by atomic mass is 9.96. The lowest BCUT2D eigenvalue weighted by molar-refractivity contribution is -0.141. The van der Waals surface area contributed by atoms with Crippen molar-refractivity contribution in [2.45, 2.75) is 26.7 Å². The van der Waals surface area contributed by atoms with Crippen molar-refractivity contribution in [3.05, 3.63) is 29.3 Å². The fraction of sp³-hybridized carbons (Fsp3) is 0.462. The molecule has 1 N–H and O–H groups in total. The molecule has 0 fully saturated rings. The third-order valence-corrected chi connectivity index (χ3v) is 2.78. The molecule has 0 aliphatic heterocycles. The van der Waals surface area contributed by atoms with Crippen LogP contribution in [0.4, 0.5) is 0 Å². The first-order valence-corrected chi connectivity index (χ1v) is 5.44. The van der Waals surface area contributed by atoms with E-state index in [2.05, 4.69) is 0 Å².